The highest BCUT2D eigenvalue weighted by atomic mass is 28.4. The minimum atomic E-state index is -1.67. The Balaban J connectivity index is 1.48. The van der Waals surface area contributed by atoms with Gasteiger partial charge in [0.25, 0.3) is 0 Å². The quantitative estimate of drug-likeness (QED) is 0.222. The number of pyridine rings is 2. The van der Waals surface area contributed by atoms with Crippen molar-refractivity contribution < 1.29 is 4.43 Å². The lowest BCUT2D eigenvalue weighted by Crippen LogP contribution is -2.41. The van der Waals surface area contributed by atoms with Crippen LogP contribution in [0.25, 0.3) is 32.9 Å². The lowest BCUT2D eigenvalue weighted by molar-refractivity contribution is 0.282. The molecule has 0 spiro atoms. The molecule has 1 aromatic carbocycles. The molecule has 0 saturated heterocycles. The van der Waals surface area contributed by atoms with Gasteiger partial charge in [-0.2, -0.15) is 0 Å². The van der Waals surface area contributed by atoms with E-state index in [0.717, 1.165) is 37.3 Å². The van der Waals surface area contributed by atoms with Gasteiger partial charge in [-0.15, -0.1) is 0 Å². The van der Waals surface area contributed by atoms with Gasteiger partial charge in [0, 0.05) is 59.3 Å². The summed E-state index contributed by atoms with van der Waals surface area (Å²) in [7, 11) is -1.67. The highest BCUT2D eigenvalue weighted by Gasteiger charge is 2.36. The summed E-state index contributed by atoms with van der Waals surface area (Å²) >= 11 is 0. The van der Waals surface area contributed by atoms with E-state index in [-0.39, 0.29) is 5.04 Å². The first-order chi connectivity index (χ1) is 15.2. The largest absolute Gasteiger partial charge is 0.417 e. The summed E-state index contributed by atoms with van der Waals surface area (Å²) in [6.07, 6.45) is 7.80. The van der Waals surface area contributed by atoms with Crippen molar-refractivity contribution in [2.45, 2.75) is 65.2 Å². The number of rotatable bonds is 7. The maximum atomic E-state index is 6.30. The van der Waals surface area contributed by atoms with Crippen molar-refractivity contribution in [3.05, 3.63) is 60.7 Å². The van der Waals surface area contributed by atoms with Crippen molar-refractivity contribution in [3.8, 4) is 11.1 Å². The zero-order chi connectivity index (χ0) is 22.9. The molecule has 0 saturated carbocycles. The highest BCUT2D eigenvalue weighted by Crippen LogP contribution is 2.36. The summed E-state index contributed by atoms with van der Waals surface area (Å²) in [6, 6.07) is 13.1. The van der Waals surface area contributed by atoms with Crippen molar-refractivity contribution in [2.75, 3.05) is 6.61 Å². The summed E-state index contributed by atoms with van der Waals surface area (Å²) in [6.45, 7) is 15.4. The number of benzene rings is 1. The molecule has 0 aliphatic heterocycles. The molecule has 0 aliphatic carbocycles. The predicted molar refractivity (Wildman–Crippen MR) is 138 cm³/mol. The van der Waals surface area contributed by atoms with Crippen LogP contribution in [0.15, 0.2) is 55.0 Å². The Kier molecular flexibility index (Phi) is 6.23. The molecule has 3 aromatic heterocycles. The molecule has 168 valence electrons. The molecule has 4 rings (SSSR count). The molecule has 32 heavy (non-hydrogen) atoms. The van der Waals surface area contributed by atoms with Gasteiger partial charge in [0.05, 0.1) is 5.52 Å². The first-order valence-corrected chi connectivity index (χ1v) is 14.6. The Hall–Kier alpha value is -2.50. The fraction of sp³-hybridized carbons (Fsp3) is 0.407. The standard InChI is InChI=1S/C27H35N3OSi/c1-7-30-25-14-15-28-19-24(25)23-13-11-20(17-26(23)30)21-10-12-22(29-18-21)9-8-16-31-32(5,6)27(2,3)4/h10-15,17-19H,7-9,16H2,1-6H3. The van der Waals surface area contributed by atoms with Crippen LogP contribution in [-0.4, -0.2) is 29.5 Å². The smallest absolute Gasteiger partial charge is 0.191 e. The van der Waals surface area contributed by atoms with E-state index in [0.29, 0.717) is 0 Å². The van der Waals surface area contributed by atoms with E-state index >= 15 is 0 Å². The van der Waals surface area contributed by atoms with Crippen molar-refractivity contribution in [3.63, 3.8) is 0 Å². The van der Waals surface area contributed by atoms with Gasteiger partial charge in [-0.05, 0) is 61.7 Å². The fourth-order valence-corrected chi connectivity index (χ4v) is 5.09. The number of aryl methyl sites for hydroxylation is 2. The van der Waals surface area contributed by atoms with Gasteiger partial charge in [-0.1, -0.05) is 39.0 Å². The molecule has 0 N–H and O–H groups in total. The third-order valence-corrected chi connectivity index (χ3v) is 11.5. The summed E-state index contributed by atoms with van der Waals surface area (Å²) in [5.41, 5.74) is 5.97. The zero-order valence-electron chi connectivity index (χ0n) is 20.3. The molecular formula is C27H35N3OSi. The number of aromatic nitrogens is 3. The van der Waals surface area contributed by atoms with Crippen LogP contribution < -0.4 is 0 Å². The second-order valence-electron chi connectivity index (χ2n) is 10.1. The van der Waals surface area contributed by atoms with E-state index in [1.807, 2.05) is 18.6 Å². The molecule has 4 nitrogen and oxygen atoms in total. The van der Waals surface area contributed by atoms with Crippen LogP contribution in [0, 0.1) is 0 Å². The van der Waals surface area contributed by atoms with E-state index in [2.05, 4.69) is 86.7 Å². The second-order valence-corrected chi connectivity index (χ2v) is 14.9. The van der Waals surface area contributed by atoms with Crippen LogP contribution in [0.3, 0.4) is 0 Å². The van der Waals surface area contributed by atoms with Gasteiger partial charge in [-0.25, -0.2) is 0 Å². The Bertz CT molecular complexity index is 1220. The average molecular weight is 446 g/mol. The van der Waals surface area contributed by atoms with Crippen molar-refractivity contribution in [1.82, 2.24) is 14.5 Å². The predicted octanol–water partition coefficient (Wildman–Crippen LogP) is 7.23. The van der Waals surface area contributed by atoms with Crippen LogP contribution >= 0.6 is 0 Å². The van der Waals surface area contributed by atoms with E-state index in [1.54, 1.807) is 0 Å². The third-order valence-electron chi connectivity index (χ3n) is 6.99. The van der Waals surface area contributed by atoms with Crippen LogP contribution in [0.5, 0.6) is 0 Å². The Morgan fingerprint density at radius 2 is 1.72 bits per heavy atom. The monoisotopic (exact) mass is 445 g/mol. The van der Waals surface area contributed by atoms with E-state index in [9.17, 15) is 0 Å². The zero-order valence-corrected chi connectivity index (χ0v) is 21.3. The Morgan fingerprint density at radius 3 is 2.41 bits per heavy atom. The van der Waals surface area contributed by atoms with Gasteiger partial charge in [0.15, 0.2) is 8.32 Å². The Morgan fingerprint density at radius 1 is 0.938 bits per heavy atom. The molecule has 0 unspecified atom stereocenters. The topological polar surface area (TPSA) is 39.9 Å². The van der Waals surface area contributed by atoms with E-state index < -0.39 is 8.32 Å². The van der Waals surface area contributed by atoms with Gasteiger partial charge in [-0.3, -0.25) is 9.97 Å². The van der Waals surface area contributed by atoms with E-state index in [4.69, 9.17) is 9.41 Å². The maximum Gasteiger partial charge on any atom is 0.191 e. The number of hydrogen-bond donors (Lipinski definition) is 0. The number of fused-ring (bicyclic) bond motifs is 3. The fourth-order valence-electron chi connectivity index (χ4n) is 4.00. The van der Waals surface area contributed by atoms with Crippen molar-refractivity contribution >= 4 is 30.1 Å². The molecular weight excluding hydrogens is 410 g/mol. The van der Waals surface area contributed by atoms with Gasteiger partial charge >= 0.3 is 0 Å². The first kappa shape index (κ1) is 22.7. The normalized spacial score (nSPS) is 12.7. The minimum Gasteiger partial charge on any atom is -0.417 e. The minimum absolute atomic E-state index is 0.258. The van der Waals surface area contributed by atoms with Crippen molar-refractivity contribution in [1.29, 1.82) is 0 Å². The van der Waals surface area contributed by atoms with Gasteiger partial charge in [0.2, 0.25) is 0 Å². The highest BCUT2D eigenvalue weighted by molar-refractivity contribution is 6.74. The van der Waals surface area contributed by atoms with Crippen LogP contribution in [0.2, 0.25) is 18.1 Å². The molecule has 0 radical (unpaired) electrons. The van der Waals surface area contributed by atoms with E-state index in [1.165, 1.54) is 27.4 Å². The van der Waals surface area contributed by atoms with Crippen LogP contribution in [0.1, 0.15) is 39.8 Å². The molecule has 0 bridgehead atoms. The summed E-state index contributed by atoms with van der Waals surface area (Å²) < 4.78 is 8.66. The summed E-state index contributed by atoms with van der Waals surface area (Å²) in [5.74, 6) is 0. The molecule has 3 heterocycles. The number of hydrogen-bond acceptors (Lipinski definition) is 3. The summed E-state index contributed by atoms with van der Waals surface area (Å²) in [4.78, 5) is 9.07. The molecule has 0 fully saturated rings. The second kappa shape index (κ2) is 8.79. The third kappa shape index (κ3) is 4.37. The molecule has 4 aromatic rings. The van der Waals surface area contributed by atoms with Gasteiger partial charge < -0.3 is 8.99 Å². The Labute approximate surface area is 192 Å². The number of nitrogens with zero attached hydrogens (tertiary/aromatic N) is 3. The first-order valence-electron chi connectivity index (χ1n) is 11.7. The molecule has 0 amide bonds. The SMILES string of the molecule is CCn1c2ccncc2c2ccc(-c3ccc(CCCO[Si](C)(C)C(C)(C)C)nc3)cc21. The molecule has 5 heteroatoms. The summed E-state index contributed by atoms with van der Waals surface area (Å²) in [5, 5.41) is 2.72. The molecule has 0 aliphatic rings. The lowest BCUT2D eigenvalue weighted by atomic mass is 10.0. The van der Waals surface area contributed by atoms with Crippen LogP contribution in [-0.2, 0) is 17.4 Å². The molecule has 0 atom stereocenters. The maximum absolute atomic E-state index is 6.30. The average Bonchev–Trinajstić information content (AvgIpc) is 3.09. The van der Waals surface area contributed by atoms with Crippen LogP contribution in [0.4, 0.5) is 0 Å². The van der Waals surface area contributed by atoms with Gasteiger partial charge in [0.1, 0.15) is 0 Å². The van der Waals surface area contributed by atoms with Crippen molar-refractivity contribution in [2.24, 2.45) is 0 Å². The lowest BCUT2D eigenvalue weighted by Gasteiger charge is -2.36.